The van der Waals surface area contributed by atoms with E-state index in [4.69, 9.17) is 16.3 Å². The van der Waals surface area contributed by atoms with Gasteiger partial charge in [-0.2, -0.15) is 18.2 Å². The number of carbonyl (C=O) groups is 1. The number of aromatic nitrogens is 1. The van der Waals surface area contributed by atoms with Crippen molar-refractivity contribution in [2.24, 2.45) is 0 Å². The van der Waals surface area contributed by atoms with Crippen molar-refractivity contribution in [1.29, 1.82) is 0 Å². The largest absolute Gasteiger partial charge is 0.476 e. The molecule has 2 aromatic rings. The molecule has 0 unspecified atom stereocenters. The van der Waals surface area contributed by atoms with Gasteiger partial charge in [0.25, 0.3) is 11.6 Å². The van der Waals surface area contributed by atoms with Gasteiger partial charge in [0.05, 0.1) is 27.6 Å². The Bertz CT molecular complexity index is 1030. The van der Waals surface area contributed by atoms with Crippen molar-refractivity contribution in [3.8, 4) is 5.88 Å². The normalized spacial score (nSPS) is 14.8. The minimum atomic E-state index is -4.57. The molecule has 0 atom stereocenters. The summed E-state index contributed by atoms with van der Waals surface area (Å²) in [6, 6.07) is 5.23. The molecule has 13 heteroatoms. The molecule has 1 N–H and O–H groups in total. The predicted octanol–water partition coefficient (Wildman–Crippen LogP) is 3.22. The summed E-state index contributed by atoms with van der Waals surface area (Å²) in [5.41, 5.74) is -1.28. The molecule has 0 aliphatic carbocycles. The van der Waals surface area contributed by atoms with Crippen LogP contribution in [-0.2, 0) is 6.18 Å². The molecule has 9 nitrogen and oxygen atoms in total. The molecular formula is C20H21ClF3N5O4. The van der Waals surface area contributed by atoms with E-state index in [1.165, 1.54) is 12.1 Å². The van der Waals surface area contributed by atoms with E-state index in [2.05, 4.69) is 15.2 Å². The summed E-state index contributed by atoms with van der Waals surface area (Å²) in [5.74, 6) is -0.732. The van der Waals surface area contributed by atoms with Crippen LogP contribution in [0.2, 0.25) is 5.02 Å². The SMILES string of the molecule is CN1CCN(c2cc(C(F)(F)F)cc(OCCNC(=O)c3cc([N+](=O)[O-])ccc3Cl)n2)CC1. The molecule has 2 heterocycles. The number of nitrogens with zero attached hydrogens (tertiary/aromatic N) is 4. The molecule has 0 spiro atoms. The van der Waals surface area contributed by atoms with Crippen molar-refractivity contribution in [3.05, 3.63) is 56.6 Å². The highest BCUT2D eigenvalue weighted by Gasteiger charge is 2.33. The van der Waals surface area contributed by atoms with Gasteiger partial charge in [-0.15, -0.1) is 0 Å². The number of pyridine rings is 1. The number of nitro benzene ring substituents is 1. The maximum absolute atomic E-state index is 13.4. The number of hydrogen-bond donors (Lipinski definition) is 1. The molecule has 1 aromatic carbocycles. The highest BCUT2D eigenvalue weighted by molar-refractivity contribution is 6.33. The lowest BCUT2D eigenvalue weighted by Gasteiger charge is -2.33. The van der Waals surface area contributed by atoms with Crippen molar-refractivity contribution >= 4 is 29.0 Å². The number of amides is 1. The van der Waals surface area contributed by atoms with Gasteiger partial charge >= 0.3 is 6.18 Å². The van der Waals surface area contributed by atoms with E-state index in [0.29, 0.717) is 26.2 Å². The summed E-state index contributed by atoms with van der Waals surface area (Å²) in [6.45, 7) is 2.20. The monoisotopic (exact) mass is 487 g/mol. The van der Waals surface area contributed by atoms with Crippen molar-refractivity contribution < 1.29 is 27.6 Å². The Kier molecular flexibility index (Phi) is 7.59. The molecule has 0 saturated carbocycles. The number of hydrogen-bond acceptors (Lipinski definition) is 7. The fraction of sp³-hybridized carbons (Fsp3) is 0.400. The number of rotatable bonds is 7. The average Bonchev–Trinajstić information content (AvgIpc) is 2.76. The minimum absolute atomic E-state index is 0.0235. The quantitative estimate of drug-likeness (QED) is 0.363. The number of benzene rings is 1. The Hall–Kier alpha value is -3.12. The van der Waals surface area contributed by atoms with Gasteiger partial charge in [-0.1, -0.05) is 11.6 Å². The first kappa shape index (κ1) is 24.5. The van der Waals surface area contributed by atoms with Gasteiger partial charge in [-0.25, -0.2) is 0 Å². The van der Waals surface area contributed by atoms with E-state index in [1.54, 1.807) is 4.90 Å². The molecular weight excluding hydrogens is 467 g/mol. The van der Waals surface area contributed by atoms with Crippen LogP contribution in [0.15, 0.2) is 30.3 Å². The Morgan fingerprint density at radius 2 is 1.94 bits per heavy atom. The molecule has 178 valence electrons. The topological polar surface area (TPSA) is 101 Å². The highest BCUT2D eigenvalue weighted by atomic mass is 35.5. The number of alkyl halides is 3. The Labute approximate surface area is 192 Å². The first-order valence-corrected chi connectivity index (χ1v) is 10.3. The smallest absolute Gasteiger partial charge is 0.416 e. The van der Waals surface area contributed by atoms with E-state index in [9.17, 15) is 28.1 Å². The van der Waals surface area contributed by atoms with Gasteiger partial charge in [0.1, 0.15) is 12.4 Å². The Morgan fingerprint density at radius 1 is 1.24 bits per heavy atom. The standard InChI is InChI=1S/C20H21ClF3N5O4/c1-27-5-7-28(8-6-27)17-10-13(20(22,23)24)11-18(26-17)33-9-4-25-19(30)15-12-14(29(31)32)2-3-16(15)21/h2-3,10-12H,4-9H2,1H3,(H,25,30). The van der Waals surface area contributed by atoms with Gasteiger partial charge in [0, 0.05) is 44.4 Å². The van der Waals surface area contributed by atoms with E-state index in [-0.39, 0.29) is 41.1 Å². The predicted molar refractivity (Wildman–Crippen MR) is 115 cm³/mol. The number of nitro groups is 1. The zero-order chi connectivity index (χ0) is 24.2. The molecule has 3 rings (SSSR count). The summed E-state index contributed by atoms with van der Waals surface area (Å²) in [6.07, 6.45) is -4.57. The van der Waals surface area contributed by atoms with Crippen LogP contribution in [0.1, 0.15) is 15.9 Å². The molecule has 1 amide bonds. The number of non-ortho nitro benzene ring substituents is 1. The molecule has 0 bridgehead atoms. The lowest BCUT2D eigenvalue weighted by atomic mass is 10.2. The van der Waals surface area contributed by atoms with E-state index in [1.807, 2.05) is 7.05 Å². The summed E-state index contributed by atoms with van der Waals surface area (Å²) >= 11 is 5.93. The van der Waals surface area contributed by atoms with Gasteiger partial charge < -0.3 is 19.9 Å². The fourth-order valence-electron chi connectivity index (χ4n) is 3.14. The Balaban J connectivity index is 1.65. The van der Waals surface area contributed by atoms with Crippen molar-refractivity contribution in [1.82, 2.24) is 15.2 Å². The lowest BCUT2D eigenvalue weighted by Crippen LogP contribution is -2.44. The molecule has 0 radical (unpaired) electrons. The number of halogens is 4. The summed E-state index contributed by atoms with van der Waals surface area (Å²) < 4.78 is 45.4. The second-order valence-corrected chi connectivity index (χ2v) is 7.77. The molecule has 1 aromatic heterocycles. The number of carbonyl (C=O) groups excluding carboxylic acids is 1. The fourth-order valence-corrected chi connectivity index (χ4v) is 3.35. The number of anilines is 1. The summed E-state index contributed by atoms with van der Waals surface area (Å²) in [4.78, 5) is 30.5. The van der Waals surface area contributed by atoms with E-state index in [0.717, 1.165) is 18.2 Å². The van der Waals surface area contributed by atoms with Crippen LogP contribution in [0.4, 0.5) is 24.7 Å². The molecule has 1 aliphatic heterocycles. The Morgan fingerprint density at radius 3 is 2.58 bits per heavy atom. The lowest BCUT2D eigenvalue weighted by molar-refractivity contribution is -0.384. The second kappa shape index (κ2) is 10.2. The van der Waals surface area contributed by atoms with Crippen LogP contribution in [0.25, 0.3) is 0 Å². The second-order valence-electron chi connectivity index (χ2n) is 7.37. The first-order chi connectivity index (χ1) is 15.5. The molecule has 1 aliphatic rings. The highest BCUT2D eigenvalue weighted by Crippen LogP contribution is 2.33. The van der Waals surface area contributed by atoms with Crippen LogP contribution in [-0.4, -0.2) is 67.1 Å². The minimum Gasteiger partial charge on any atom is -0.476 e. The summed E-state index contributed by atoms with van der Waals surface area (Å²) in [7, 11) is 1.93. The van der Waals surface area contributed by atoms with Crippen LogP contribution < -0.4 is 15.0 Å². The molecule has 33 heavy (non-hydrogen) atoms. The molecule has 1 fully saturated rings. The first-order valence-electron chi connectivity index (χ1n) is 9.92. The van der Waals surface area contributed by atoms with Crippen LogP contribution in [0, 0.1) is 10.1 Å². The third-order valence-electron chi connectivity index (χ3n) is 4.99. The third-order valence-corrected chi connectivity index (χ3v) is 5.32. The van der Waals surface area contributed by atoms with Crippen molar-refractivity contribution in [3.63, 3.8) is 0 Å². The van der Waals surface area contributed by atoms with Gasteiger partial charge in [0.15, 0.2) is 0 Å². The van der Waals surface area contributed by atoms with E-state index >= 15 is 0 Å². The zero-order valence-electron chi connectivity index (χ0n) is 17.6. The zero-order valence-corrected chi connectivity index (χ0v) is 18.3. The maximum atomic E-state index is 13.4. The number of likely N-dealkylation sites (N-methyl/N-ethyl adjacent to an activating group) is 1. The number of piperazine rings is 1. The maximum Gasteiger partial charge on any atom is 0.416 e. The van der Waals surface area contributed by atoms with Crippen molar-refractivity contribution in [2.75, 3.05) is 51.3 Å². The van der Waals surface area contributed by atoms with Gasteiger partial charge in [-0.05, 0) is 19.2 Å². The average molecular weight is 488 g/mol. The van der Waals surface area contributed by atoms with Gasteiger partial charge in [-0.3, -0.25) is 14.9 Å². The van der Waals surface area contributed by atoms with Crippen LogP contribution in [0.3, 0.4) is 0 Å². The van der Waals surface area contributed by atoms with Crippen LogP contribution in [0.5, 0.6) is 5.88 Å². The van der Waals surface area contributed by atoms with Crippen molar-refractivity contribution in [2.45, 2.75) is 6.18 Å². The van der Waals surface area contributed by atoms with Gasteiger partial charge in [0.2, 0.25) is 5.88 Å². The van der Waals surface area contributed by atoms with Crippen LogP contribution >= 0.6 is 11.6 Å². The third kappa shape index (κ3) is 6.45. The molecule has 1 saturated heterocycles. The number of nitrogens with one attached hydrogen (secondary N) is 1. The van der Waals surface area contributed by atoms with E-state index < -0.39 is 22.6 Å². The summed E-state index contributed by atoms with van der Waals surface area (Å²) in [5, 5.41) is 13.4. The number of ether oxygens (including phenoxy) is 1.